The number of amides is 2. The standard InChI is InChI=1S/C23H28N4O2/c1-3-4-13-24-22(28)16-27-20-11-6-5-10-19(20)26-21(27)12-14-25-23(29)18-9-7-8-17(2)15-18/h5-11,15H,3-4,12-14,16H2,1-2H3,(H,24,28)(H,25,29). The minimum atomic E-state index is -0.103. The number of nitrogens with zero attached hydrogens (tertiary/aromatic N) is 2. The molecule has 0 radical (unpaired) electrons. The van der Waals surface area contributed by atoms with E-state index in [2.05, 4.69) is 22.5 Å². The Morgan fingerprint density at radius 2 is 1.86 bits per heavy atom. The molecule has 0 atom stereocenters. The summed E-state index contributed by atoms with van der Waals surface area (Å²) in [6, 6.07) is 15.3. The maximum absolute atomic E-state index is 12.4. The van der Waals surface area contributed by atoms with Gasteiger partial charge in [0.15, 0.2) is 0 Å². The lowest BCUT2D eigenvalue weighted by molar-refractivity contribution is -0.121. The second kappa shape index (κ2) is 9.87. The molecule has 29 heavy (non-hydrogen) atoms. The molecule has 2 aromatic carbocycles. The van der Waals surface area contributed by atoms with Gasteiger partial charge >= 0.3 is 0 Å². The maximum atomic E-state index is 12.4. The average molecular weight is 393 g/mol. The highest BCUT2D eigenvalue weighted by molar-refractivity contribution is 5.94. The Kier molecular flexibility index (Phi) is 7.00. The van der Waals surface area contributed by atoms with Crippen molar-refractivity contribution in [2.75, 3.05) is 13.1 Å². The molecule has 0 saturated heterocycles. The Hall–Kier alpha value is -3.15. The van der Waals surface area contributed by atoms with Gasteiger partial charge in [-0.3, -0.25) is 9.59 Å². The topological polar surface area (TPSA) is 76.0 Å². The lowest BCUT2D eigenvalue weighted by atomic mass is 10.1. The van der Waals surface area contributed by atoms with Gasteiger partial charge in [-0.1, -0.05) is 43.2 Å². The number of fused-ring (bicyclic) bond motifs is 1. The number of carbonyl (C=O) groups excluding carboxylic acids is 2. The lowest BCUT2D eigenvalue weighted by Gasteiger charge is -2.11. The van der Waals surface area contributed by atoms with E-state index < -0.39 is 0 Å². The summed E-state index contributed by atoms with van der Waals surface area (Å²) in [5.41, 5.74) is 3.48. The van der Waals surface area contributed by atoms with Crippen molar-refractivity contribution in [2.24, 2.45) is 0 Å². The number of carbonyl (C=O) groups is 2. The van der Waals surface area contributed by atoms with Crippen molar-refractivity contribution < 1.29 is 9.59 Å². The number of hydrogen-bond donors (Lipinski definition) is 2. The van der Waals surface area contributed by atoms with E-state index in [0.717, 1.165) is 35.3 Å². The van der Waals surface area contributed by atoms with Crippen LogP contribution >= 0.6 is 0 Å². The van der Waals surface area contributed by atoms with Crippen molar-refractivity contribution >= 4 is 22.8 Å². The molecule has 0 aliphatic rings. The summed E-state index contributed by atoms with van der Waals surface area (Å²) in [4.78, 5) is 29.4. The second-order valence-corrected chi connectivity index (χ2v) is 7.18. The van der Waals surface area contributed by atoms with Gasteiger partial charge < -0.3 is 15.2 Å². The van der Waals surface area contributed by atoms with Crippen molar-refractivity contribution in [2.45, 2.75) is 39.7 Å². The van der Waals surface area contributed by atoms with Gasteiger partial charge in [0.1, 0.15) is 12.4 Å². The fourth-order valence-electron chi connectivity index (χ4n) is 3.27. The molecule has 1 heterocycles. The number of unbranched alkanes of at least 4 members (excludes halogenated alkanes) is 1. The van der Waals surface area contributed by atoms with Crippen molar-refractivity contribution in [3.05, 3.63) is 65.5 Å². The Labute approximate surface area is 171 Å². The smallest absolute Gasteiger partial charge is 0.251 e. The first-order valence-electron chi connectivity index (χ1n) is 10.1. The van der Waals surface area contributed by atoms with Crippen LogP contribution < -0.4 is 10.6 Å². The highest BCUT2D eigenvalue weighted by Crippen LogP contribution is 2.16. The molecule has 0 unspecified atom stereocenters. The van der Waals surface area contributed by atoms with Crippen LogP contribution in [-0.4, -0.2) is 34.5 Å². The molecule has 152 valence electrons. The minimum absolute atomic E-state index is 0.0216. The van der Waals surface area contributed by atoms with Gasteiger partial charge in [0.25, 0.3) is 5.91 Å². The molecule has 0 saturated carbocycles. The quantitative estimate of drug-likeness (QED) is 0.549. The second-order valence-electron chi connectivity index (χ2n) is 7.18. The predicted molar refractivity (Wildman–Crippen MR) is 115 cm³/mol. The van der Waals surface area contributed by atoms with Gasteiger partial charge in [0, 0.05) is 25.1 Å². The molecule has 6 nitrogen and oxygen atoms in total. The van der Waals surface area contributed by atoms with Crippen molar-refractivity contribution in [3.8, 4) is 0 Å². The summed E-state index contributed by atoms with van der Waals surface area (Å²) < 4.78 is 1.94. The van der Waals surface area contributed by atoms with Gasteiger partial charge in [0.2, 0.25) is 5.91 Å². The average Bonchev–Trinajstić information content (AvgIpc) is 3.05. The third kappa shape index (κ3) is 5.44. The molecule has 2 amide bonds. The number of para-hydroxylation sites is 2. The van der Waals surface area contributed by atoms with Crippen LogP contribution in [0.5, 0.6) is 0 Å². The summed E-state index contributed by atoms with van der Waals surface area (Å²) >= 11 is 0. The first-order chi connectivity index (χ1) is 14.1. The summed E-state index contributed by atoms with van der Waals surface area (Å²) in [6.07, 6.45) is 2.56. The fraction of sp³-hybridized carbons (Fsp3) is 0.348. The third-order valence-electron chi connectivity index (χ3n) is 4.80. The molecule has 6 heteroatoms. The highest BCUT2D eigenvalue weighted by Gasteiger charge is 2.14. The zero-order chi connectivity index (χ0) is 20.6. The Balaban J connectivity index is 1.68. The van der Waals surface area contributed by atoms with Crippen LogP contribution in [-0.2, 0) is 17.8 Å². The van der Waals surface area contributed by atoms with Crippen LogP contribution in [0.25, 0.3) is 11.0 Å². The summed E-state index contributed by atoms with van der Waals surface area (Å²) in [5, 5.41) is 5.91. The van der Waals surface area contributed by atoms with Crippen LogP contribution in [0.3, 0.4) is 0 Å². The van der Waals surface area contributed by atoms with Gasteiger partial charge in [-0.2, -0.15) is 0 Å². The van der Waals surface area contributed by atoms with Crippen LogP contribution in [0.15, 0.2) is 48.5 Å². The van der Waals surface area contributed by atoms with Crippen LogP contribution in [0, 0.1) is 6.92 Å². The normalized spacial score (nSPS) is 10.8. The van der Waals surface area contributed by atoms with E-state index in [1.807, 2.05) is 54.0 Å². The molecule has 0 fully saturated rings. The van der Waals surface area contributed by atoms with E-state index in [4.69, 9.17) is 0 Å². The predicted octanol–water partition coefficient (Wildman–Crippen LogP) is 3.23. The summed E-state index contributed by atoms with van der Waals surface area (Å²) in [7, 11) is 0. The van der Waals surface area contributed by atoms with E-state index in [1.165, 1.54) is 0 Å². The molecule has 3 aromatic rings. The van der Waals surface area contributed by atoms with Crippen LogP contribution in [0.4, 0.5) is 0 Å². The molecule has 0 aliphatic carbocycles. The third-order valence-corrected chi connectivity index (χ3v) is 4.80. The maximum Gasteiger partial charge on any atom is 0.251 e. The first kappa shape index (κ1) is 20.6. The van der Waals surface area contributed by atoms with Crippen LogP contribution in [0.1, 0.15) is 41.5 Å². The lowest BCUT2D eigenvalue weighted by Crippen LogP contribution is -2.30. The van der Waals surface area contributed by atoms with Gasteiger partial charge in [-0.15, -0.1) is 0 Å². The molecular weight excluding hydrogens is 364 g/mol. The van der Waals surface area contributed by atoms with E-state index in [9.17, 15) is 9.59 Å². The van der Waals surface area contributed by atoms with Crippen molar-refractivity contribution in [1.82, 2.24) is 20.2 Å². The zero-order valence-corrected chi connectivity index (χ0v) is 17.1. The van der Waals surface area contributed by atoms with Gasteiger partial charge in [0.05, 0.1) is 11.0 Å². The SMILES string of the molecule is CCCCNC(=O)Cn1c(CCNC(=O)c2cccc(C)c2)nc2ccccc21. The fourth-order valence-corrected chi connectivity index (χ4v) is 3.27. The number of imidazole rings is 1. The molecule has 0 spiro atoms. The number of hydrogen-bond acceptors (Lipinski definition) is 3. The molecular formula is C23H28N4O2. The molecule has 2 N–H and O–H groups in total. The molecule has 0 aliphatic heterocycles. The van der Waals surface area contributed by atoms with Gasteiger partial charge in [-0.05, 0) is 37.6 Å². The number of rotatable bonds is 9. The molecule has 3 rings (SSSR count). The summed E-state index contributed by atoms with van der Waals surface area (Å²) in [6.45, 7) is 5.42. The number of benzene rings is 2. The Morgan fingerprint density at radius 3 is 2.66 bits per heavy atom. The number of aromatic nitrogens is 2. The number of nitrogens with one attached hydrogen (secondary N) is 2. The van der Waals surface area contributed by atoms with E-state index >= 15 is 0 Å². The van der Waals surface area contributed by atoms with E-state index in [1.54, 1.807) is 6.07 Å². The monoisotopic (exact) mass is 392 g/mol. The highest BCUT2D eigenvalue weighted by atomic mass is 16.2. The first-order valence-corrected chi connectivity index (χ1v) is 10.1. The largest absolute Gasteiger partial charge is 0.355 e. The van der Waals surface area contributed by atoms with Crippen LogP contribution in [0.2, 0.25) is 0 Å². The van der Waals surface area contributed by atoms with Crippen molar-refractivity contribution in [1.29, 1.82) is 0 Å². The zero-order valence-electron chi connectivity index (χ0n) is 17.1. The van der Waals surface area contributed by atoms with Gasteiger partial charge in [-0.25, -0.2) is 4.98 Å². The van der Waals surface area contributed by atoms with E-state index in [-0.39, 0.29) is 18.4 Å². The Morgan fingerprint density at radius 1 is 1.03 bits per heavy atom. The minimum Gasteiger partial charge on any atom is -0.355 e. The van der Waals surface area contributed by atoms with E-state index in [0.29, 0.717) is 25.1 Å². The van der Waals surface area contributed by atoms with Crippen molar-refractivity contribution in [3.63, 3.8) is 0 Å². The Bertz CT molecular complexity index is 993. The number of aryl methyl sites for hydroxylation is 1. The summed E-state index contributed by atoms with van der Waals surface area (Å²) in [5.74, 6) is 0.668. The molecule has 1 aromatic heterocycles. The molecule has 0 bridgehead atoms.